The van der Waals surface area contributed by atoms with E-state index in [0.29, 0.717) is 32.0 Å². The van der Waals surface area contributed by atoms with Crippen LogP contribution in [-0.2, 0) is 15.0 Å². The third-order valence-electron chi connectivity index (χ3n) is 3.98. The molecule has 7 heteroatoms. The van der Waals surface area contributed by atoms with E-state index in [0.717, 1.165) is 25.8 Å². The van der Waals surface area contributed by atoms with Crippen LogP contribution in [0, 0.1) is 5.92 Å². The third-order valence-corrected chi connectivity index (χ3v) is 5.69. The van der Waals surface area contributed by atoms with Crippen LogP contribution in [0.3, 0.4) is 0 Å². The number of carbonyl (C=O) groups is 1. The maximum absolute atomic E-state index is 12.3. The lowest BCUT2D eigenvalue weighted by atomic mass is 10.0. The van der Waals surface area contributed by atoms with Gasteiger partial charge in [0.2, 0.25) is 5.91 Å². The Labute approximate surface area is 121 Å². The van der Waals surface area contributed by atoms with E-state index < -0.39 is 10.2 Å². The first-order chi connectivity index (χ1) is 9.38. The van der Waals surface area contributed by atoms with Crippen molar-refractivity contribution in [1.29, 1.82) is 0 Å². The van der Waals surface area contributed by atoms with Crippen LogP contribution in [0.15, 0.2) is 0 Å². The summed E-state index contributed by atoms with van der Waals surface area (Å²) in [6.07, 6.45) is 3.47. The van der Waals surface area contributed by atoms with E-state index in [9.17, 15) is 13.2 Å². The average molecular weight is 303 g/mol. The predicted octanol–water partition coefficient (Wildman–Crippen LogP) is 0.564. The smallest absolute Gasteiger partial charge is 0.279 e. The Morgan fingerprint density at radius 1 is 1.35 bits per heavy atom. The molecule has 0 aromatic carbocycles. The van der Waals surface area contributed by atoms with E-state index in [4.69, 9.17) is 0 Å². The van der Waals surface area contributed by atoms with Crippen LogP contribution in [0.2, 0.25) is 0 Å². The van der Waals surface area contributed by atoms with E-state index in [1.807, 2.05) is 6.92 Å². The minimum absolute atomic E-state index is 0.127. The maximum atomic E-state index is 12.3. The van der Waals surface area contributed by atoms with Crippen LogP contribution >= 0.6 is 0 Å². The number of amides is 1. The molecule has 2 heterocycles. The van der Waals surface area contributed by atoms with Gasteiger partial charge in [0, 0.05) is 38.6 Å². The summed E-state index contributed by atoms with van der Waals surface area (Å²) in [5.74, 6) is 0.540. The number of hydrogen-bond donors (Lipinski definition) is 1. The van der Waals surface area contributed by atoms with Crippen molar-refractivity contribution in [2.45, 2.75) is 45.6 Å². The SMILES string of the molecule is CC1CCCN(S(=O)(=O)NC(C)CN2CCCC2=O)C1. The summed E-state index contributed by atoms with van der Waals surface area (Å²) in [6, 6.07) is -0.251. The summed E-state index contributed by atoms with van der Waals surface area (Å²) >= 11 is 0. The lowest BCUT2D eigenvalue weighted by Gasteiger charge is -2.31. The number of carbonyl (C=O) groups excluding carboxylic acids is 1. The molecule has 1 N–H and O–H groups in total. The fourth-order valence-electron chi connectivity index (χ4n) is 2.96. The molecular weight excluding hydrogens is 278 g/mol. The van der Waals surface area contributed by atoms with Gasteiger partial charge >= 0.3 is 0 Å². The summed E-state index contributed by atoms with van der Waals surface area (Å²) in [4.78, 5) is 13.3. The molecule has 0 aliphatic carbocycles. The highest BCUT2D eigenvalue weighted by Gasteiger charge is 2.29. The van der Waals surface area contributed by atoms with Crippen molar-refractivity contribution in [3.63, 3.8) is 0 Å². The molecular formula is C13H25N3O3S. The van der Waals surface area contributed by atoms with Crippen LogP contribution in [0.5, 0.6) is 0 Å². The van der Waals surface area contributed by atoms with Gasteiger partial charge in [-0.1, -0.05) is 6.92 Å². The normalized spacial score (nSPS) is 27.0. The Morgan fingerprint density at radius 3 is 2.70 bits per heavy atom. The maximum Gasteiger partial charge on any atom is 0.279 e. The average Bonchev–Trinajstić information content (AvgIpc) is 2.74. The van der Waals surface area contributed by atoms with Crippen molar-refractivity contribution < 1.29 is 13.2 Å². The van der Waals surface area contributed by atoms with Crippen LogP contribution in [0.25, 0.3) is 0 Å². The van der Waals surface area contributed by atoms with Gasteiger partial charge in [-0.25, -0.2) is 0 Å². The molecule has 0 bridgehead atoms. The molecule has 2 aliphatic heterocycles. The van der Waals surface area contributed by atoms with Gasteiger partial charge in [-0.2, -0.15) is 17.4 Å². The van der Waals surface area contributed by atoms with Crippen LogP contribution in [0.4, 0.5) is 0 Å². The molecule has 0 saturated carbocycles. The number of nitrogens with zero attached hydrogens (tertiary/aromatic N) is 2. The first-order valence-electron chi connectivity index (χ1n) is 7.43. The molecule has 2 unspecified atom stereocenters. The second kappa shape index (κ2) is 6.41. The molecule has 0 aromatic heterocycles. The topological polar surface area (TPSA) is 69.7 Å². The van der Waals surface area contributed by atoms with Gasteiger partial charge in [0.05, 0.1) is 0 Å². The monoisotopic (exact) mass is 303 g/mol. The first-order valence-corrected chi connectivity index (χ1v) is 8.87. The van der Waals surface area contributed by atoms with E-state index in [1.54, 1.807) is 4.90 Å². The van der Waals surface area contributed by atoms with E-state index in [1.165, 1.54) is 4.31 Å². The summed E-state index contributed by atoms with van der Waals surface area (Å²) in [7, 11) is -3.43. The zero-order valence-corrected chi connectivity index (χ0v) is 13.2. The number of nitrogens with one attached hydrogen (secondary N) is 1. The molecule has 1 amide bonds. The quantitative estimate of drug-likeness (QED) is 0.807. The summed E-state index contributed by atoms with van der Waals surface area (Å²) < 4.78 is 28.8. The molecule has 0 aromatic rings. The molecule has 20 heavy (non-hydrogen) atoms. The van der Waals surface area contributed by atoms with Crippen molar-refractivity contribution >= 4 is 16.1 Å². The lowest BCUT2D eigenvalue weighted by molar-refractivity contribution is -0.127. The molecule has 2 aliphatic rings. The highest BCUT2D eigenvalue weighted by Crippen LogP contribution is 2.18. The van der Waals surface area contributed by atoms with Gasteiger partial charge in [-0.15, -0.1) is 0 Å². The molecule has 6 nitrogen and oxygen atoms in total. The zero-order chi connectivity index (χ0) is 14.8. The summed E-state index contributed by atoms with van der Waals surface area (Å²) in [5, 5.41) is 0. The van der Waals surface area contributed by atoms with Gasteiger partial charge in [0.15, 0.2) is 0 Å². The zero-order valence-electron chi connectivity index (χ0n) is 12.3. The largest absolute Gasteiger partial charge is 0.341 e. The molecule has 0 spiro atoms. The Hall–Kier alpha value is -0.660. The Morgan fingerprint density at radius 2 is 2.10 bits per heavy atom. The van der Waals surface area contributed by atoms with Gasteiger partial charge in [-0.3, -0.25) is 4.79 Å². The van der Waals surface area contributed by atoms with Crippen molar-refractivity contribution in [3.05, 3.63) is 0 Å². The Kier molecular flexibility index (Phi) is 5.04. The molecule has 116 valence electrons. The third kappa shape index (κ3) is 3.93. The van der Waals surface area contributed by atoms with Gasteiger partial charge in [-0.05, 0) is 32.1 Å². The van der Waals surface area contributed by atoms with E-state index in [-0.39, 0.29) is 11.9 Å². The second-order valence-electron chi connectivity index (χ2n) is 6.07. The minimum Gasteiger partial charge on any atom is -0.341 e. The molecule has 2 fully saturated rings. The number of piperidine rings is 1. The fraction of sp³-hybridized carbons (Fsp3) is 0.923. The van der Waals surface area contributed by atoms with Crippen LogP contribution < -0.4 is 4.72 Å². The highest BCUT2D eigenvalue weighted by atomic mass is 32.2. The highest BCUT2D eigenvalue weighted by molar-refractivity contribution is 7.87. The van der Waals surface area contributed by atoms with Crippen LogP contribution in [0.1, 0.15) is 39.5 Å². The van der Waals surface area contributed by atoms with Gasteiger partial charge in [0.25, 0.3) is 10.2 Å². The molecule has 2 saturated heterocycles. The number of hydrogen-bond acceptors (Lipinski definition) is 3. The van der Waals surface area contributed by atoms with Crippen LogP contribution in [-0.4, -0.2) is 55.8 Å². The minimum atomic E-state index is -3.43. The predicted molar refractivity (Wildman–Crippen MR) is 77.3 cm³/mol. The van der Waals surface area contributed by atoms with Crippen molar-refractivity contribution in [3.8, 4) is 0 Å². The Bertz CT molecular complexity index is 452. The van der Waals surface area contributed by atoms with Crippen molar-refractivity contribution in [2.75, 3.05) is 26.2 Å². The van der Waals surface area contributed by atoms with E-state index in [2.05, 4.69) is 11.6 Å². The first kappa shape index (κ1) is 15.7. The van der Waals surface area contributed by atoms with Crippen molar-refractivity contribution in [2.24, 2.45) is 5.92 Å². The van der Waals surface area contributed by atoms with Gasteiger partial charge < -0.3 is 4.90 Å². The van der Waals surface area contributed by atoms with E-state index >= 15 is 0 Å². The second-order valence-corrected chi connectivity index (χ2v) is 7.77. The molecule has 2 rings (SSSR count). The number of rotatable bonds is 5. The summed E-state index contributed by atoms with van der Waals surface area (Å²) in [6.45, 7) is 6.28. The Balaban J connectivity index is 1.88. The van der Waals surface area contributed by atoms with Gasteiger partial charge in [0.1, 0.15) is 0 Å². The van der Waals surface area contributed by atoms with Crippen molar-refractivity contribution in [1.82, 2.24) is 13.9 Å². The standard InChI is InChI=1S/C13H25N3O3S/c1-11-5-3-8-16(9-11)20(18,19)14-12(2)10-15-7-4-6-13(15)17/h11-12,14H,3-10H2,1-2H3. The summed E-state index contributed by atoms with van der Waals surface area (Å²) in [5.41, 5.74) is 0. The fourth-order valence-corrected chi connectivity index (χ4v) is 4.51. The number of likely N-dealkylation sites (tertiary alicyclic amines) is 1. The molecule has 2 atom stereocenters. The molecule has 0 radical (unpaired) electrons. The lowest BCUT2D eigenvalue weighted by Crippen LogP contribution is -2.50.